The Morgan fingerprint density at radius 3 is 2.72 bits per heavy atom. The second kappa shape index (κ2) is 6.63. The van der Waals surface area contributed by atoms with E-state index in [0.29, 0.717) is 37.3 Å². The number of carbonyl (C=O) groups is 2. The molecule has 3 aromatic rings. The van der Waals surface area contributed by atoms with Crippen LogP contribution in [-0.2, 0) is 11.3 Å². The molecule has 0 saturated carbocycles. The van der Waals surface area contributed by atoms with Crippen molar-refractivity contribution >= 4 is 22.9 Å². The Labute approximate surface area is 166 Å². The summed E-state index contributed by atoms with van der Waals surface area (Å²) < 4.78 is 0. The maximum atomic E-state index is 13.1. The Kier molecular flexibility index (Phi) is 4.06. The van der Waals surface area contributed by atoms with Gasteiger partial charge in [-0.2, -0.15) is 0 Å². The van der Waals surface area contributed by atoms with Gasteiger partial charge >= 0.3 is 5.97 Å². The number of imidazole rings is 1. The molecule has 2 N–H and O–H groups in total. The van der Waals surface area contributed by atoms with E-state index in [0.717, 1.165) is 11.2 Å². The first-order valence-electron chi connectivity index (χ1n) is 9.48. The van der Waals surface area contributed by atoms with Gasteiger partial charge in [-0.25, -0.2) is 4.98 Å². The molecule has 4 heterocycles. The average molecular weight is 392 g/mol. The van der Waals surface area contributed by atoms with E-state index in [1.54, 1.807) is 48.0 Å². The van der Waals surface area contributed by atoms with Gasteiger partial charge in [0.2, 0.25) is 0 Å². The summed E-state index contributed by atoms with van der Waals surface area (Å²) in [4.78, 5) is 44.7. The minimum Gasteiger partial charge on any atom is -0.481 e. The highest BCUT2D eigenvalue weighted by molar-refractivity contribution is 5.98. The van der Waals surface area contributed by atoms with Gasteiger partial charge in [0.1, 0.15) is 5.41 Å². The van der Waals surface area contributed by atoms with E-state index in [-0.39, 0.29) is 18.4 Å². The van der Waals surface area contributed by atoms with Crippen molar-refractivity contribution in [2.24, 2.45) is 11.3 Å². The Bertz CT molecular complexity index is 1080. The van der Waals surface area contributed by atoms with Crippen molar-refractivity contribution in [2.75, 3.05) is 26.2 Å². The average Bonchev–Trinajstić information content (AvgIpc) is 3.42. The highest BCUT2D eigenvalue weighted by Crippen LogP contribution is 2.43. The van der Waals surface area contributed by atoms with Gasteiger partial charge in [-0.3, -0.25) is 24.5 Å². The molecule has 9 nitrogen and oxygen atoms in total. The van der Waals surface area contributed by atoms with Crippen molar-refractivity contribution in [3.05, 3.63) is 54.4 Å². The second-order valence-electron chi connectivity index (χ2n) is 7.85. The number of fused-ring (bicyclic) bond motifs is 2. The molecule has 148 valence electrons. The van der Waals surface area contributed by atoms with Crippen LogP contribution in [0.1, 0.15) is 16.1 Å². The molecule has 2 aliphatic rings. The zero-order valence-corrected chi connectivity index (χ0v) is 15.7. The zero-order chi connectivity index (χ0) is 20.0. The van der Waals surface area contributed by atoms with Gasteiger partial charge in [-0.1, -0.05) is 0 Å². The second-order valence-corrected chi connectivity index (χ2v) is 7.85. The van der Waals surface area contributed by atoms with E-state index >= 15 is 0 Å². The lowest BCUT2D eigenvalue weighted by Crippen LogP contribution is -2.42. The van der Waals surface area contributed by atoms with E-state index in [1.807, 2.05) is 0 Å². The number of benzene rings is 1. The molecule has 29 heavy (non-hydrogen) atoms. The van der Waals surface area contributed by atoms with Gasteiger partial charge in [0.25, 0.3) is 5.91 Å². The van der Waals surface area contributed by atoms with Crippen LogP contribution >= 0.6 is 0 Å². The molecule has 2 saturated heterocycles. The molecule has 2 atom stereocenters. The Hall–Kier alpha value is -3.33. The summed E-state index contributed by atoms with van der Waals surface area (Å²) in [7, 11) is 0. The lowest BCUT2D eigenvalue weighted by molar-refractivity contribution is -0.148. The third-order valence-electron chi connectivity index (χ3n) is 6.06. The highest BCUT2D eigenvalue weighted by Gasteiger charge is 2.58. The number of hydrogen-bond acceptors (Lipinski definition) is 6. The Morgan fingerprint density at radius 1 is 1.17 bits per heavy atom. The number of carboxylic acid groups (broad SMARTS) is 1. The molecule has 9 heteroatoms. The van der Waals surface area contributed by atoms with E-state index in [1.165, 1.54) is 0 Å². The van der Waals surface area contributed by atoms with E-state index in [2.05, 4.69) is 24.8 Å². The largest absolute Gasteiger partial charge is 0.481 e. The van der Waals surface area contributed by atoms with Crippen molar-refractivity contribution in [3.63, 3.8) is 0 Å². The molecular weight excluding hydrogens is 372 g/mol. The first-order valence-corrected chi connectivity index (χ1v) is 9.48. The number of nitrogens with one attached hydrogen (secondary N) is 1. The number of aromatic nitrogens is 4. The van der Waals surface area contributed by atoms with Gasteiger partial charge < -0.3 is 15.0 Å². The maximum absolute atomic E-state index is 13.1. The van der Waals surface area contributed by atoms with Crippen molar-refractivity contribution in [1.29, 1.82) is 0 Å². The fourth-order valence-electron chi connectivity index (χ4n) is 4.64. The summed E-state index contributed by atoms with van der Waals surface area (Å²) in [5.74, 6) is -1.10. The summed E-state index contributed by atoms with van der Waals surface area (Å²) in [5, 5.41) is 10.0. The summed E-state index contributed by atoms with van der Waals surface area (Å²) in [5.41, 5.74) is 1.89. The third-order valence-corrected chi connectivity index (χ3v) is 6.06. The molecule has 0 radical (unpaired) electrons. The van der Waals surface area contributed by atoms with Gasteiger partial charge in [0.15, 0.2) is 0 Å². The Balaban J connectivity index is 1.36. The first-order chi connectivity index (χ1) is 14.0. The minimum atomic E-state index is -0.938. The number of hydrogen-bond donors (Lipinski definition) is 2. The monoisotopic (exact) mass is 392 g/mol. The molecule has 0 bridgehead atoms. The molecule has 0 unspecified atom stereocenters. The summed E-state index contributed by atoms with van der Waals surface area (Å²) in [6.45, 7) is 2.33. The molecule has 0 aliphatic carbocycles. The van der Waals surface area contributed by atoms with Gasteiger partial charge in [-0.15, -0.1) is 0 Å². The fraction of sp³-hybridized carbons (Fsp3) is 0.350. The molecule has 1 aromatic carbocycles. The van der Waals surface area contributed by atoms with Crippen LogP contribution in [0.4, 0.5) is 0 Å². The molecular formula is C20H20N6O3. The normalized spacial score (nSPS) is 24.1. The van der Waals surface area contributed by atoms with E-state index < -0.39 is 11.4 Å². The number of carbonyl (C=O) groups excluding carboxylic acids is 1. The van der Waals surface area contributed by atoms with Crippen LogP contribution in [0.3, 0.4) is 0 Å². The van der Waals surface area contributed by atoms with Crippen LogP contribution in [0, 0.1) is 11.3 Å². The van der Waals surface area contributed by atoms with Crippen LogP contribution in [0.25, 0.3) is 11.0 Å². The smallest absolute Gasteiger partial charge is 0.313 e. The van der Waals surface area contributed by atoms with Gasteiger partial charge in [0, 0.05) is 68.5 Å². The number of H-pyrrole nitrogens is 1. The van der Waals surface area contributed by atoms with Crippen LogP contribution < -0.4 is 0 Å². The lowest BCUT2D eigenvalue weighted by atomic mass is 9.81. The Morgan fingerprint density at radius 2 is 2.00 bits per heavy atom. The summed E-state index contributed by atoms with van der Waals surface area (Å²) >= 11 is 0. The van der Waals surface area contributed by atoms with Crippen LogP contribution in [-0.4, -0.2) is 72.9 Å². The zero-order valence-electron chi connectivity index (χ0n) is 15.7. The SMILES string of the molecule is O=C(c1ccc2nccnc2c1)N1C[C@@H]2CN(Cc3cnc[nH]3)C[C@]2(C(=O)O)C1. The third kappa shape index (κ3) is 2.94. The van der Waals surface area contributed by atoms with Crippen LogP contribution in [0.5, 0.6) is 0 Å². The van der Waals surface area contributed by atoms with E-state index in [4.69, 9.17) is 0 Å². The first kappa shape index (κ1) is 17.7. The molecule has 5 rings (SSSR count). The molecule has 1 amide bonds. The van der Waals surface area contributed by atoms with E-state index in [9.17, 15) is 14.7 Å². The molecule has 2 fully saturated rings. The minimum absolute atomic E-state index is 0.105. The standard InChI is InChI=1S/C20H20N6O3/c27-18(13-1-2-16-17(5-13)23-4-3-22-16)26-8-14-7-25(9-15-6-21-12-24-15)10-20(14,11-26)19(28)29/h1-6,12,14H,7-11H2,(H,21,24)(H,28,29)/t14-,20-/m0/s1. The van der Waals surface area contributed by atoms with Crippen molar-refractivity contribution in [3.8, 4) is 0 Å². The van der Waals surface area contributed by atoms with Gasteiger partial charge in [-0.05, 0) is 18.2 Å². The number of rotatable bonds is 4. The number of aliphatic carboxylic acids is 1. The van der Waals surface area contributed by atoms with Gasteiger partial charge in [0.05, 0.1) is 17.4 Å². The number of aromatic amines is 1. The fourth-order valence-corrected chi connectivity index (χ4v) is 4.64. The topological polar surface area (TPSA) is 115 Å². The predicted molar refractivity (Wildman–Crippen MR) is 103 cm³/mol. The highest BCUT2D eigenvalue weighted by atomic mass is 16.4. The van der Waals surface area contributed by atoms with Crippen LogP contribution in [0.2, 0.25) is 0 Å². The lowest BCUT2D eigenvalue weighted by Gasteiger charge is -2.25. The number of likely N-dealkylation sites (tertiary alicyclic amines) is 2. The van der Waals surface area contributed by atoms with Crippen molar-refractivity contribution in [1.82, 2.24) is 29.7 Å². The number of amides is 1. The summed E-state index contributed by atoms with van der Waals surface area (Å²) in [6, 6.07) is 5.22. The van der Waals surface area contributed by atoms with Crippen molar-refractivity contribution in [2.45, 2.75) is 6.54 Å². The maximum Gasteiger partial charge on any atom is 0.313 e. The predicted octanol–water partition coefficient (Wildman–Crippen LogP) is 1.01. The molecule has 2 aliphatic heterocycles. The number of carboxylic acids is 1. The summed E-state index contributed by atoms with van der Waals surface area (Å²) in [6.07, 6.45) is 6.56. The van der Waals surface area contributed by atoms with Crippen molar-refractivity contribution < 1.29 is 14.7 Å². The number of nitrogens with zero attached hydrogens (tertiary/aromatic N) is 5. The molecule has 2 aromatic heterocycles. The quantitative estimate of drug-likeness (QED) is 0.681. The van der Waals surface area contributed by atoms with Crippen LogP contribution in [0.15, 0.2) is 43.1 Å². The molecule has 0 spiro atoms.